The molecule has 3 aromatic heterocycles. The lowest BCUT2D eigenvalue weighted by Gasteiger charge is -2.18. The minimum Gasteiger partial charge on any atom is -0.444 e. The van der Waals surface area contributed by atoms with Gasteiger partial charge in [-0.1, -0.05) is 47.7 Å². The number of thiazole rings is 1. The predicted octanol–water partition coefficient (Wildman–Crippen LogP) is 8.87. The largest absolute Gasteiger partial charge is 0.444 e. The lowest BCUT2D eigenvalue weighted by Crippen LogP contribution is -2.27. The van der Waals surface area contributed by atoms with Gasteiger partial charge in [-0.25, -0.2) is 9.78 Å². The summed E-state index contributed by atoms with van der Waals surface area (Å²) in [6.45, 7) is 9.86. The van der Waals surface area contributed by atoms with Crippen molar-refractivity contribution in [1.29, 1.82) is 0 Å². The first kappa shape index (κ1) is 22.1. The minimum atomic E-state index is -0.576. The molecule has 1 amide bonds. The van der Waals surface area contributed by atoms with Gasteiger partial charge in [0.1, 0.15) is 5.60 Å². The molecular formula is C26H24N2O2S3. The quantitative estimate of drug-likeness (QED) is 0.274. The van der Waals surface area contributed by atoms with E-state index in [4.69, 9.17) is 9.72 Å². The number of fused-ring (bicyclic) bond motifs is 2. The first-order valence-electron chi connectivity index (χ1n) is 10.7. The van der Waals surface area contributed by atoms with Crippen molar-refractivity contribution >= 4 is 65.4 Å². The van der Waals surface area contributed by atoms with Gasteiger partial charge in [0.25, 0.3) is 0 Å². The highest BCUT2D eigenvalue weighted by Gasteiger charge is 2.25. The van der Waals surface area contributed by atoms with Crippen LogP contribution >= 0.6 is 34.0 Å². The third kappa shape index (κ3) is 4.16. The van der Waals surface area contributed by atoms with Gasteiger partial charge >= 0.3 is 6.09 Å². The summed E-state index contributed by atoms with van der Waals surface area (Å²) in [7, 11) is 0. The van der Waals surface area contributed by atoms with E-state index in [2.05, 4.69) is 67.7 Å². The molecule has 0 saturated carbocycles. The topological polar surface area (TPSA) is 51.2 Å². The number of hydrogen-bond donors (Lipinski definition) is 1. The van der Waals surface area contributed by atoms with Crippen molar-refractivity contribution in [3.05, 3.63) is 58.3 Å². The normalized spacial score (nSPS) is 11.9. The van der Waals surface area contributed by atoms with Gasteiger partial charge in [0, 0.05) is 41.1 Å². The van der Waals surface area contributed by atoms with E-state index in [1.54, 1.807) is 22.7 Å². The van der Waals surface area contributed by atoms with E-state index in [0.717, 1.165) is 16.1 Å². The predicted molar refractivity (Wildman–Crippen MR) is 143 cm³/mol. The highest BCUT2D eigenvalue weighted by atomic mass is 32.1. The molecule has 0 saturated heterocycles. The van der Waals surface area contributed by atoms with Gasteiger partial charge in [-0.05, 0) is 46.8 Å². The van der Waals surface area contributed by atoms with Crippen molar-refractivity contribution in [2.24, 2.45) is 0 Å². The number of aryl methyl sites for hydroxylation is 2. The maximum atomic E-state index is 12.5. The number of carbonyl (C=O) groups excluding carboxylic acids is 1. The third-order valence-electron chi connectivity index (χ3n) is 5.24. The van der Waals surface area contributed by atoms with Crippen LogP contribution in [0.4, 0.5) is 9.93 Å². The molecule has 0 spiro atoms. The van der Waals surface area contributed by atoms with E-state index in [1.165, 1.54) is 46.8 Å². The average molecular weight is 493 g/mol. The zero-order chi connectivity index (χ0) is 23.3. The zero-order valence-corrected chi connectivity index (χ0v) is 21.6. The van der Waals surface area contributed by atoms with Crippen molar-refractivity contribution in [1.82, 2.24) is 4.98 Å². The Morgan fingerprint density at radius 3 is 2.00 bits per heavy atom. The summed E-state index contributed by atoms with van der Waals surface area (Å²) in [6, 6.07) is 16.9. The van der Waals surface area contributed by atoms with Gasteiger partial charge in [-0.3, -0.25) is 5.32 Å². The maximum Gasteiger partial charge on any atom is 0.413 e. The Kier molecular flexibility index (Phi) is 5.51. The summed E-state index contributed by atoms with van der Waals surface area (Å²) in [5.41, 5.74) is 2.66. The van der Waals surface area contributed by atoms with Gasteiger partial charge in [-0.15, -0.1) is 22.7 Å². The van der Waals surface area contributed by atoms with E-state index in [9.17, 15) is 4.79 Å². The van der Waals surface area contributed by atoms with Crippen LogP contribution in [0, 0.1) is 13.8 Å². The van der Waals surface area contributed by atoms with Gasteiger partial charge in [0.15, 0.2) is 5.13 Å². The number of anilines is 1. The number of rotatable bonds is 3. The van der Waals surface area contributed by atoms with Crippen LogP contribution in [0.15, 0.2) is 48.5 Å². The molecule has 33 heavy (non-hydrogen) atoms. The molecule has 0 fully saturated rings. The summed E-state index contributed by atoms with van der Waals surface area (Å²) < 4.78 is 7.96. The average Bonchev–Trinajstić information content (AvgIpc) is 3.37. The Morgan fingerprint density at radius 2 is 1.39 bits per heavy atom. The van der Waals surface area contributed by atoms with E-state index >= 15 is 0 Å². The molecule has 0 atom stereocenters. The number of hydrogen-bond acceptors (Lipinski definition) is 6. The Morgan fingerprint density at radius 1 is 0.848 bits per heavy atom. The smallest absolute Gasteiger partial charge is 0.413 e. The van der Waals surface area contributed by atoms with Crippen molar-refractivity contribution < 1.29 is 9.53 Å². The first-order valence-corrected chi connectivity index (χ1v) is 13.1. The third-order valence-corrected chi connectivity index (χ3v) is 8.40. The molecule has 0 aliphatic heterocycles. The SMILES string of the molecule is Cc1sc2ccccc2c1-c1nc(NC(=O)OC(C)(C)C)sc1-c1c(C)sc2ccccc12. The molecule has 0 aliphatic carbocycles. The van der Waals surface area contributed by atoms with E-state index in [1.807, 2.05) is 20.8 Å². The number of ether oxygens (including phenoxy) is 1. The molecule has 0 unspecified atom stereocenters. The van der Waals surface area contributed by atoms with Gasteiger partial charge in [-0.2, -0.15) is 0 Å². The number of amides is 1. The Bertz CT molecular complexity index is 1400. The van der Waals surface area contributed by atoms with Crippen LogP contribution in [0.2, 0.25) is 0 Å². The molecule has 2 aromatic carbocycles. The summed E-state index contributed by atoms with van der Waals surface area (Å²) >= 11 is 5.07. The number of aromatic nitrogens is 1. The molecule has 168 valence electrons. The van der Waals surface area contributed by atoms with Crippen LogP contribution in [0.1, 0.15) is 30.5 Å². The molecule has 5 aromatic rings. The second-order valence-electron chi connectivity index (χ2n) is 8.88. The maximum absolute atomic E-state index is 12.5. The Labute approximate surface area is 204 Å². The molecular weight excluding hydrogens is 468 g/mol. The first-order chi connectivity index (χ1) is 15.7. The highest BCUT2D eigenvalue weighted by molar-refractivity contribution is 7.22. The number of carbonyl (C=O) groups is 1. The highest BCUT2D eigenvalue weighted by Crippen LogP contribution is 2.49. The van der Waals surface area contributed by atoms with Crippen molar-refractivity contribution in [2.45, 2.75) is 40.2 Å². The molecule has 1 N–H and O–H groups in total. The second-order valence-corrected chi connectivity index (χ2v) is 12.4. The van der Waals surface area contributed by atoms with Crippen LogP contribution < -0.4 is 5.32 Å². The fraction of sp³-hybridized carbons (Fsp3) is 0.231. The van der Waals surface area contributed by atoms with Crippen molar-refractivity contribution in [2.75, 3.05) is 5.32 Å². The Hall–Kier alpha value is -2.74. The van der Waals surface area contributed by atoms with E-state index in [0.29, 0.717) is 5.13 Å². The fourth-order valence-electron chi connectivity index (χ4n) is 4.02. The van der Waals surface area contributed by atoms with E-state index < -0.39 is 11.7 Å². The van der Waals surface area contributed by atoms with Crippen molar-refractivity contribution in [3.8, 4) is 21.7 Å². The molecule has 5 rings (SSSR count). The molecule has 7 heteroatoms. The Balaban J connectivity index is 1.72. The van der Waals surface area contributed by atoms with Crippen LogP contribution in [0.25, 0.3) is 41.9 Å². The molecule has 0 aliphatic rings. The monoisotopic (exact) mass is 492 g/mol. The molecule has 4 nitrogen and oxygen atoms in total. The second kappa shape index (κ2) is 8.24. The van der Waals surface area contributed by atoms with Crippen LogP contribution in [0.5, 0.6) is 0 Å². The van der Waals surface area contributed by atoms with Crippen LogP contribution in [0.3, 0.4) is 0 Å². The molecule has 0 bridgehead atoms. The van der Waals surface area contributed by atoms with Crippen LogP contribution in [-0.4, -0.2) is 16.7 Å². The molecule has 3 heterocycles. The summed E-state index contributed by atoms with van der Waals surface area (Å²) in [5.74, 6) is 0. The number of benzene rings is 2. The number of thiophene rings is 2. The van der Waals surface area contributed by atoms with Gasteiger partial charge in [0.2, 0.25) is 0 Å². The minimum absolute atomic E-state index is 0.492. The summed E-state index contributed by atoms with van der Waals surface area (Å²) in [4.78, 5) is 21.0. The zero-order valence-electron chi connectivity index (χ0n) is 19.1. The number of nitrogens with one attached hydrogen (secondary N) is 1. The summed E-state index contributed by atoms with van der Waals surface area (Å²) in [6.07, 6.45) is -0.492. The van der Waals surface area contributed by atoms with Crippen molar-refractivity contribution in [3.63, 3.8) is 0 Å². The van der Waals surface area contributed by atoms with Gasteiger partial charge < -0.3 is 4.74 Å². The molecule has 0 radical (unpaired) electrons. The lowest BCUT2D eigenvalue weighted by molar-refractivity contribution is 0.0636. The summed E-state index contributed by atoms with van der Waals surface area (Å²) in [5, 5.41) is 5.81. The van der Waals surface area contributed by atoms with Crippen LogP contribution in [-0.2, 0) is 4.74 Å². The lowest BCUT2D eigenvalue weighted by atomic mass is 10.0. The fourth-order valence-corrected chi connectivity index (χ4v) is 7.29. The van der Waals surface area contributed by atoms with E-state index in [-0.39, 0.29) is 0 Å². The standard InChI is InChI=1S/C26H24N2O2S3/c1-14-20(16-10-6-8-12-18(16)31-14)22-23(21-15(2)32-19-13-9-7-11-17(19)21)33-24(27-22)28-25(29)30-26(3,4)5/h6-13H,1-5H3,(H,27,28,29). The number of nitrogens with zero attached hydrogens (tertiary/aromatic N) is 1. The van der Waals surface area contributed by atoms with Gasteiger partial charge in [0.05, 0.1) is 10.6 Å².